The Kier molecular flexibility index (Phi) is 15.9. The van der Waals surface area contributed by atoms with E-state index < -0.39 is 0 Å². The lowest BCUT2D eigenvalue weighted by Gasteiger charge is -2.31. The largest absolute Gasteiger partial charge is 0.395 e. The van der Waals surface area contributed by atoms with Gasteiger partial charge in [0.25, 0.3) is 0 Å². The van der Waals surface area contributed by atoms with Gasteiger partial charge >= 0.3 is 0 Å². The van der Waals surface area contributed by atoms with Crippen LogP contribution < -0.4 is 0 Å². The van der Waals surface area contributed by atoms with E-state index in [4.69, 9.17) is 0 Å². The van der Waals surface area contributed by atoms with Gasteiger partial charge in [-0.25, -0.2) is 0 Å². The molecule has 0 aliphatic carbocycles. The first-order valence-corrected chi connectivity index (χ1v) is 11.6. The summed E-state index contributed by atoms with van der Waals surface area (Å²) in [6, 6.07) is 0.348. The molecule has 0 radical (unpaired) electrons. The van der Waals surface area contributed by atoms with Gasteiger partial charge in [-0.2, -0.15) is 0 Å². The number of nitrogens with zero attached hydrogens (tertiary/aromatic N) is 1. The number of rotatable bonds is 17. The molecule has 0 rings (SSSR count). The summed E-state index contributed by atoms with van der Waals surface area (Å²) in [5, 5.41) is 9.79. The van der Waals surface area contributed by atoms with Crippen molar-refractivity contribution in [3.63, 3.8) is 0 Å². The van der Waals surface area contributed by atoms with E-state index in [9.17, 15) is 5.11 Å². The van der Waals surface area contributed by atoms with Crippen LogP contribution in [0.4, 0.5) is 0 Å². The molecule has 0 saturated carbocycles. The van der Waals surface area contributed by atoms with Crippen molar-refractivity contribution in [3.8, 4) is 0 Å². The van der Waals surface area contributed by atoms with Gasteiger partial charge in [0.15, 0.2) is 0 Å². The molecule has 3 unspecified atom stereocenters. The average molecular weight is 370 g/mol. The molecule has 0 spiro atoms. The first-order chi connectivity index (χ1) is 12.3. The molecule has 0 aromatic carbocycles. The Hall–Kier alpha value is -0.0800. The summed E-state index contributed by atoms with van der Waals surface area (Å²) in [7, 11) is 0. The number of hydrogen-bond donors (Lipinski definition) is 1. The number of aliphatic hydroxyl groups excluding tert-OH is 1. The van der Waals surface area contributed by atoms with Crippen LogP contribution in [-0.2, 0) is 0 Å². The van der Waals surface area contributed by atoms with Crippen LogP contribution in [0.15, 0.2) is 0 Å². The minimum absolute atomic E-state index is 0.306. The number of aliphatic hydroxyl groups is 1. The van der Waals surface area contributed by atoms with Gasteiger partial charge in [-0.05, 0) is 56.0 Å². The van der Waals surface area contributed by atoms with E-state index in [2.05, 4.69) is 53.4 Å². The highest BCUT2D eigenvalue weighted by Gasteiger charge is 2.18. The number of hydrogen-bond acceptors (Lipinski definition) is 2. The molecule has 0 heterocycles. The fraction of sp³-hybridized carbons (Fsp3) is 1.00. The second-order valence-electron chi connectivity index (χ2n) is 9.72. The standard InChI is InChI=1S/C24H51NO/c1-8-24(19-26)25(17-15-22(6)13-9-11-20(2)3)18-16-23(7)14-10-12-21(4)5/h20-24,26H,8-19H2,1-7H3. The van der Waals surface area contributed by atoms with Gasteiger partial charge in [-0.1, -0.05) is 87.0 Å². The van der Waals surface area contributed by atoms with Crippen LogP contribution >= 0.6 is 0 Å². The zero-order valence-corrected chi connectivity index (χ0v) is 19.3. The molecule has 0 aliphatic rings. The fourth-order valence-corrected chi connectivity index (χ4v) is 3.79. The molecule has 0 fully saturated rings. The molecule has 0 aromatic rings. The van der Waals surface area contributed by atoms with Gasteiger partial charge in [0, 0.05) is 6.04 Å². The molecule has 0 bridgehead atoms. The predicted molar refractivity (Wildman–Crippen MR) is 118 cm³/mol. The van der Waals surface area contributed by atoms with Gasteiger partial charge in [0.1, 0.15) is 0 Å². The van der Waals surface area contributed by atoms with E-state index in [1.165, 1.54) is 51.4 Å². The molecule has 1 N–H and O–H groups in total. The summed E-state index contributed by atoms with van der Waals surface area (Å²) in [5.74, 6) is 3.26. The minimum atomic E-state index is 0.306. The van der Waals surface area contributed by atoms with Crippen molar-refractivity contribution in [2.75, 3.05) is 19.7 Å². The molecule has 158 valence electrons. The second kappa shape index (κ2) is 15.9. The summed E-state index contributed by atoms with van der Waals surface area (Å²) in [6.45, 7) is 18.9. The maximum Gasteiger partial charge on any atom is 0.0586 e. The van der Waals surface area contributed by atoms with Crippen LogP contribution in [-0.4, -0.2) is 35.7 Å². The van der Waals surface area contributed by atoms with Crippen molar-refractivity contribution >= 4 is 0 Å². The highest BCUT2D eigenvalue weighted by molar-refractivity contribution is 4.72. The Morgan fingerprint density at radius 1 is 0.654 bits per heavy atom. The maximum atomic E-state index is 9.79. The fourth-order valence-electron chi connectivity index (χ4n) is 3.79. The van der Waals surface area contributed by atoms with Crippen molar-refractivity contribution in [2.45, 2.75) is 112 Å². The van der Waals surface area contributed by atoms with Crippen molar-refractivity contribution in [2.24, 2.45) is 23.7 Å². The van der Waals surface area contributed by atoms with Crippen molar-refractivity contribution in [1.82, 2.24) is 4.90 Å². The van der Waals surface area contributed by atoms with Gasteiger partial charge in [-0.3, -0.25) is 4.90 Å². The molecular weight excluding hydrogens is 318 g/mol. The van der Waals surface area contributed by atoms with E-state index in [-0.39, 0.29) is 0 Å². The van der Waals surface area contributed by atoms with Crippen LogP contribution in [0, 0.1) is 23.7 Å². The molecule has 0 aliphatic heterocycles. The molecule has 26 heavy (non-hydrogen) atoms. The lowest BCUT2D eigenvalue weighted by atomic mass is 9.95. The van der Waals surface area contributed by atoms with E-state index in [0.29, 0.717) is 12.6 Å². The van der Waals surface area contributed by atoms with Gasteiger partial charge in [0.05, 0.1) is 6.61 Å². The predicted octanol–water partition coefficient (Wildman–Crippen LogP) is 6.76. The second-order valence-corrected chi connectivity index (χ2v) is 9.72. The molecular formula is C24H51NO. The van der Waals surface area contributed by atoms with Crippen LogP contribution in [0.2, 0.25) is 0 Å². The lowest BCUT2D eigenvalue weighted by molar-refractivity contribution is 0.107. The van der Waals surface area contributed by atoms with Gasteiger partial charge in [0.2, 0.25) is 0 Å². The first kappa shape index (κ1) is 25.9. The van der Waals surface area contributed by atoms with E-state index in [1.807, 2.05) is 0 Å². The quantitative estimate of drug-likeness (QED) is 0.306. The Balaban J connectivity index is 4.27. The van der Waals surface area contributed by atoms with Gasteiger partial charge in [-0.15, -0.1) is 0 Å². The Morgan fingerprint density at radius 3 is 1.38 bits per heavy atom. The normalized spacial score (nSPS) is 15.8. The van der Waals surface area contributed by atoms with Crippen molar-refractivity contribution in [3.05, 3.63) is 0 Å². The Labute approximate surface area is 166 Å². The molecule has 0 aromatic heterocycles. The highest BCUT2D eigenvalue weighted by atomic mass is 16.3. The monoisotopic (exact) mass is 369 g/mol. The Morgan fingerprint density at radius 2 is 1.08 bits per heavy atom. The SMILES string of the molecule is CCC(CO)N(CCC(C)CCCC(C)C)CCC(C)CCCC(C)C. The molecule has 3 atom stereocenters. The third-order valence-electron chi connectivity index (χ3n) is 5.97. The molecule has 0 amide bonds. The van der Waals surface area contributed by atoms with Crippen LogP contribution in [0.25, 0.3) is 0 Å². The van der Waals surface area contributed by atoms with Crippen LogP contribution in [0.3, 0.4) is 0 Å². The minimum Gasteiger partial charge on any atom is -0.395 e. The summed E-state index contributed by atoms with van der Waals surface area (Å²) in [6.07, 6.45) is 11.8. The topological polar surface area (TPSA) is 23.5 Å². The summed E-state index contributed by atoms with van der Waals surface area (Å²) in [5.41, 5.74) is 0. The van der Waals surface area contributed by atoms with Crippen LogP contribution in [0.5, 0.6) is 0 Å². The zero-order chi connectivity index (χ0) is 19.9. The van der Waals surface area contributed by atoms with Crippen LogP contribution in [0.1, 0.15) is 106 Å². The molecule has 2 heteroatoms. The summed E-state index contributed by atoms with van der Waals surface area (Å²) >= 11 is 0. The van der Waals surface area contributed by atoms with Crippen molar-refractivity contribution in [1.29, 1.82) is 0 Å². The van der Waals surface area contributed by atoms with E-state index >= 15 is 0 Å². The highest BCUT2D eigenvalue weighted by Crippen LogP contribution is 2.19. The lowest BCUT2D eigenvalue weighted by Crippen LogP contribution is -2.40. The smallest absolute Gasteiger partial charge is 0.0586 e. The summed E-state index contributed by atoms with van der Waals surface area (Å²) < 4.78 is 0. The van der Waals surface area contributed by atoms with Gasteiger partial charge < -0.3 is 5.11 Å². The molecule has 2 nitrogen and oxygen atoms in total. The average Bonchev–Trinajstić information content (AvgIpc) is 2.56. The van der Waals surface area contributed by atoms with E-state index in [0.717, 1.165) is 43.2 Å². The van der Waals surface area contributed by atoms with Crippen molar-refractivity contribution < 1.29 is 5.11 Å². The maximum absolute atomic E-state index is 9.79. The zero-order valence-electron chi connectivity index (χ0n) is 19.3. The molecule has 0 saturated heterocycles. The first-order valence-electron chi connectivity index (χ1n) is 11.6. The van der Waals surface area contributed by atoms with E-state index in [1.54, 1.807) is 0 Å². The Bertz CT molecular complexity index is 275. The third-order valence-corrected chi connectivity index (χ3v) is 5.97. The summed E-state index contributed by atoms with van der Waals surface area (Å²) in [4.78, 5) is 2.58. The third kappa shape index (κ3) is 14.0.